The standard InChI is InChI=1S/C27H23ClN4O/c28-20-11-13-24-22(15-20)21(7-3-9-26(33)30-17-18-5-4-14-29-16-18)27(32-24)25-12-10-19-6-1-2-8-23(19)31-25/h1-2,4-6,8,10-16,32H,3,7,9,17H2,(H,30,33). The molecular weight excluding hydrogens is 432 g/mol. The summed E-state index contributed by atoms with van der Waals surface area (Å²) in [5, 5.41) is 5.84. The maximum Gasteiger partial charge on any atom is 0.220 e. The first-order valence-corrected chi connectivity index (χ1v) is 11.4. The summed E-state index contributed by atoms with van der Waals surface area (Å²) < 4.78 is 0. The number of H-pyrrole nitrogens is 1. The molecule has 5 aromatic rings. The molecule has 0 atom stereocenters. The second kappa shape index (κ2) is 9.43. The van der Waals surface area contributed by atoms with E-state index in [0.29, 0.717) is 18.0 Å². The van der Waals surface area contributed by atoms with Crippen molar-refractivity contribution in [1.29, 1.82) is 0 Å². The van der Waals surface area contributed by atoms with Gasteiger partial charge in [-0.15, -0.1) is 0 Å². The molecule has 0 aliphatic heterocycles. The normalized spacial score (nSPS) is 11.2. The molecule has 3 aromatic heterocycles. The molecule has 5 nitrogen and oxygen atoms in total. The monoisotopic (exact) mass is 454 g/mol. The molecule has 164 valence electrons. The molecule has 0 saturated carbocycles. The Morgan fingerprint density at radius 3 is 2.82 bits per heavy atom. The van der Waals surface area contributed by atoms with Gasteiger partial charge in [0.2, 0.25) is 5.91 Å². The van der Waals surface area contributed by atoms with Gasteiger partial charge in [-0.25, -0.2) is 4.98 Å². The number of aryl methyl sites for hydroxylation is 1. The molecular formula is C27H23ClN4O. The molecule has 0 spiro atoms. The molecule has 1 amide bonds. The molecule has 0 fully saturated rings. The van der Waals surface area contributed by atoms with Crippen LogP contribution in [0.15, 0.2) is 79.1 Å². The first kappa shape index (κ1) is 21.2. The summed E-state index contributed by atoms with van der Waals surface area (Å²) in [6.07, 6.45) is 5.39. The second-order valence-electron chi connectivity index (χ2n) is 8.05. The average molecular weight is 455 g/mol. The minimum absolute atomic E-state index is 0.0297. The zero-order valence-electron chi connectivity index (χ0n) is 18.0. The van der Waals surface area contributed by atoms with Gasteiger partial charge >= 0.3 is 0 Å². The van der Waals surface area contributed by atoms with E-state index < -0.39 is 0 Å². The van der Waals surface area contributed by atoms with Crippen molar-refractivity contribution in [1.82, 2.24) is 20.3 Å². The largest absolute Gasteiger partial charge is 0.353 e. The highest BCUT2D eigenvalue weighted by molar-refractivity contribution is 6.31. The molecule has 33 heavy (non-hydrogen) atoms. The Morgan fingerprint density at radius 2 is 1.94 bits per heavy atom. The third-order valence-electron chi connectivity index (χ3n) is 5.77. The van der Waals surface area contributed by atoms with Crippen molar-refractivity contribution in [3.8, 4) is 11.4 Å². The summed E-state index contributed by atoms with van der Waals surface area (Å²) in [4.78, 5) is 24.9. The van der Waals surface area contributed by atoms with Crippen LogP contribution < -0.4 is 5.32 Å². The van der Waals surface area contributed by atoms with Crippen LogP contribution in [0.5, 0.6) is 0 Å². The number of aromatic nitrogens is 3. The van der Waals surface area contributed by atoms with Crippen LogP contribution in [0.2, 0.25) is 5.02 Å². The highest BCUT2D eigenvalue weighted by Gasteiger charge is 2.15. The van der Waals surface area contributed by atoms with Gasteiger partial charge in [-0.05, 0) is 60.4 Å². The molecule has 5 rings (SSSR count). The van der Waals surface area contributed by atoms with E-state index in [1.165, 1.54) is 0 Å². The van der Waals surface area contributed by atoms with Gasteiger partial charge < -0.3 is 10.3 Å². The van der Waals surface area contributed by atoms with Gasteiger partial charge in [-0.1, -0.05) is 41.9 Å². The lowest BCUT2D eigenvalue weighted by Crippen LogP contribution is -2.22. The van der Waals surface area contributed by atoms with Crippen molar-refractivity contribution >= 4 is 39.3 Å². The summed E-state index contributed by atoms with van der Waals surface area (Å²) in [6, 6.07) is 21.9. The predicted octanol–water partition coefficient (Wildman–Crippen LogP) is 6.07. The second-order valence-corrected chi connectivity index (χ2v) is 8.49. The number of para-hydroxylation sites is 1. The quantitative estimate of drug-likeness (QED) is 0.313. The van der Waals surface area contributed by atoms with Gasteiger partial charge in [-0.2, -0.15) is 0 Å². The van der Waals surface area contributed by atoms with Crippen molar-refractivity contribution in [2.75, 3.05) is 0 Å². The van der Waals surface area contributed by atoms with Gasteiger partial charge in [0.05, 0.1) is 16.9 Å². The van der Waals surface area contributed by atoms with Gasteiger partial charge in [0, 0.05) is 46.7 Å². The SMILES string of the molecule is O=C(CCCc1c(-c2ccc3ccccc3n2)[nH]c2ccc(Cl)cc12)NCc1cccnc1. The summed E-state index contributed by atoms with van der Waals surface area (Å²) in [7, 11) is 0. The van der Waals surface area contributed by atoms with E-state index >= 15 is 0 Å². The van der Waals surface area contributed by atoms with Crippen LogP contribution in [0, 0.1) is 0 Å². The van der Waals surface area contributed by atoms with Crippen molar-refractivity contribution in [3.63, 3.8) is 0 Å². The number of halogens is 1. The fraction of sp³-hybridized carbons (Fsp3) is 0.148. The first-order valence-electron chi connectivity index (χ1n) is 11.0. The third-order valence-corrected chi connectivity index (χ3v) is 6.00. The van der Waals surface area contributed by atoms with Gasteiger partial charge in [-0.3, -0.25) is 9.78 Å². The van der Waals surface area contributed by atoms with Crippen molar-refractivity contribution in [2.45, 2.75) is 25.8 Å². The molecule has 3 heterocycles. The van der Waals surface area contributed by atoms with Crippen LogP contribution in [-0.2, 0) is 17.8 Å². The number of hydrogen-bond donors (Lipinski definition) is 2. The average Bonchev–Trinajstić information content (AvgIpc) is 3.20. The van der Waals surface area contributed by atoms with Crippen molar-refractivity contribution < 1.29 is 4.79 Å². The number of benzene rings is 2. The molecule has 0 radical (unpaired) electrons. The lowest BCUT2D eigenvalue weighted by Gasteiger charge is -2.08. The first-order chi connectivity index (χ1) is 16.2. The number of nitrogens with one attached hydrogen (secondary N) is 2. The van der Waals surface area contributed by atoms with Crippen LogP contribution in [0.3, 0.4) is 0 Å². The Hall–Kier alpha value is -3.70. The van der Waals surface area contributed by atoms with Crippen LogP contribution >= 0.6 is 11.6 Å². The number of rotatable bonds is 7. The van der Waals surface area contributed by atoms with E-state index in [2.05, 4.69) is 27.4 Å². The summed E-state index contributed by atoms with van der Waals surface area (Å²) in [5.74, 6) is 0.0297. The Kier molecular flexibility index (Phi) is 6.05. The van der Waals surface area contributed by atoms with Crippen LogP contribution in [0.4, 0.5) is 0 Å². The molecule has 0 saturated heterocycles. The van der Waals surface area contributed by atoms with Crippen LogP contribution in [0.1, 0.15) is 24.0 Å². The maximum absolute atomic E-state index is 12.4. The number of carbonyl (C=O) groups excluding carboxylic acids is 1. The molecule has 0 aliphatic carbocycles. The Balaban J connectivity index is 1.37. The highest BCUT2D eigenvalue weighted by Crippen LogP contribution is 2.33. The van der Waals surface area contributed by atoms with E-state index in [9.17, 15) is 4.79 Å². The Morgan fingerprint density at radius 1 is 1.03 bits per heavy atom. The molecule has 2 aromatic carbocycles. The molecule has 0 aliphatic rings. The van der Waals surface area contributed by atoms with Gasteiger partial charge in [0.1, 0.15) is 0 Å². The molecule has 6 heteroatoms. The minimum atomic E-state index is 0.0297. The highest BCUT2D eigenvalue weighted by atomic mass is 35.5. The van der Waals surface area contributed by atoms with Crippen LogP contribution in [0.25, 0.3) is 33.2 Å². The number of amides is 1. The number of carbonyl (C=O) groups is 1. The molecule has 2 N–H and O–H groups in total. The number of aromatic amines is 1. The van der Waals surface area contributed by atoms with E-state index in [1.54, 1.807) is 12.4 Å². The number of fused-ring (bicyclic) bond motifs is 2. The fourth-order valence-corrected chi connectivity index (χ4v) is 4.29. The Labute approximate surface area is 196 Å². The number of hydrogen-bond acceptors (Lipinski definition) is 3. The zero-order chi connectivity index (χ0) is 22.6. The predicted molar refractivity (Wildman–Crippen MR) is 133 cm³/mol. The van der Waals surface area contributed by atoms with E-state index in [4.69, 9.17) is 16.6 Å². The number of nitrogens with zero attached hydrogens (tertiary/aromatic N) is 2. The maximum atomic E-state index is 12.4. The van der Waals surface area contributed by atoms with Gasteiger partial charge in [0.15, 0.2) is 0 Å². The lowest BCUT2D eigenvalue weighted by atomic mass is 10.0. The zero-order valence-corrected chi connectivity index (χ0v) is 18.8. The lowest BCUT2D eigenvalue weighted by molar-refractivity contribution is -0.121. The molecule has 0 bridgehead atoms. The number of pyridine rings is 2. The van der Waals surface area contributed by atoms with Crippen molar-refractivity contribution in [3.05, 3.63) is 95.3 Å². The summed E-state index contributed by atoms with van der Waals surface area (Å²) in [6.45, 7) is 0.488. The fourth-order valence-electron chi connectivity index (χ4n) is 4.12. The summed E-state index contributed by atoms with van der Waals surface area (Å²) >= 11 is 6.31. The third kappa shape index (κ3) is 4.73. The van der Waals surface area contributed by atoms with Crippen LogP contribution in [-0.4, -0.2) is 20.9 Å². The van der Waals surface area contributed by atoms with E-state index in [1.807, 2.05) is 54.6 Å². The van der Waals surface area contributed by atoms with Gasteiger partial charge in [0.25, 0.3) is 0 Å². The summed E-state index contributed by atoms with van der Waals surface area (Å²) in [5.41, 5.74) is 5.95. The smallest absolute Gasteiger partial charge is 0.220 e. The minimum Gasteiger partial charge on any atom is -0.353 e. The van der Waals surface area contributed by atoms with Crippen molar-refractivity contribution in [2.24, 2.45) is 0 Å². The van der Waals surface area contributed by atoms with E-state index in [0.717, 1.165) is 57.2 Å². The van der Waals surface area contributed by atoms with E-state index in [-0.39, 0.29) is 5.91 Å². The Bertz CT molecular complexity index is 1430. The molecule has 0 unspecified atom stereocenters. The topological polar surface area (TPSA) is 70.7 Å².